The lowest BCUT2D eigenvalue weighted by molar-refractivity contribution is -0.134. The van der Waals surface area contributed by atoms with Gasteiger partial charge >= 0.3 is 6.03 Å². The second-order valence-corrected chi connectivity index (χ2v) is 13.5. The summed E-state index contributed by atoms with van der Waals surface area (Å²) < 4.78 is 39.4. The van der Waals surface area contributed by atoms with Crippen LogP contribution in [0, 0.1) is 5.92 Å². The molecule has 4 rings (SSSR count). The number of fused-ring (bicyclic) bond motifs is 1. The van der Waals surface area contributed by atoms with E-state index >= 15 is 0 Å². The predicted molar refractivity (Wildman–Crippen MR) is 162 cm³/mol. The van der Waals surface area contributed by atoms with Crippen LogP contribution in [0.5, 0.6) is 11.5 Å². The summed E-state index contributed by atoms with van der Waals surface area (Å²) in [5, 5.41) is 17.1. The van der Waals surface area contributed by atoms with Gasteiger partial charge in [0, 0.05) is 36.4 Å². The molecular weight excluding hydrogens is 580 g/mol. The van der Waals surface area contributed by atoms with Crippen LogP contribution in [-0.4, -0.2) is 80.7 Å². The Morgan fingerprint density at radius 3 is 2.52 bits per heavy atom. The number of aliphatic hydroxyl groups is 1. The molecule has 1 aromatic heterocycles. The van der Waals surface area contributed by atoms with E-state index in [-0.39, 0.29) is 42.2 Å². The Morgan fingerprint density at radius 1 is 1.19 bits per heavy atom. The van der Waals surface area contributed by atoms with E-state index in [1.807, 2.05) is 6.92 Å². The number of ether oxygens (including phenoxy) is 2. The molecule has 0 aliphatic carbocycles. The van der Waals surface area contributed by atoms with Crippen molar-refractivity contribution < 1.29 is 32.6 Å². The van der Waals surface area contributed by atoms with Crippen molar-refractivity contribution in [1.29, 1.82) is 0 Å². The first-order valence-electron chi connectivity index (χ1n) is 13.4. The van der Waals surface area contributed by atoms with Gasteiger partial charge in [-0.3, -0.25) is 4.79 Å². The van der Waals surface area contributed by atoms with Crippen molar-refractivity contribution in [3.63, 3.8) is 0 Å². The zero-order chi connectivity index (χ0) is 30.4. The lowest BCUT2D eigenvalue weighted by Gasteiger charge is -2.33. The van der Waals surface area contributed by atoms with Crippen molar-refractivity contribution in [3.05, 3.63) is 65.5 Å². The van der Waals surface area contributed by atoms with Gasteiger partial charge in [0.15, 0.2) is 0 Å². The number of hydrogen-bond donors (Lipinski definition) is 3. The largest absolute Gasteiger partial charge is 0.497 e. The van der Waals surface area contributed by atoms with Crippen LogP contribution in [0.1, 0.15) is 19.4 Å². The standard InChI is InChI=1S/C29H36N4O7S2/c1-19-16-33(20(2)18-34)27(35)15-21-14-23(31-29(36)30-22-7-10-24(39-4)11-8-22)9-12-25(21)40-26(19)17-32(3)42(37,38)28-6-5-13-41-28/h5-14,19-20,26,34H,15-18H2,1-4H3,(H2,30,31,36)/t19-,20+,26-/m0/s1. The average Bonchev–Trinajstić information content (AvgIpc) is 3.53. The minimum atomic E-state index is -3.73. The lowest BCUT2D eigenvalue weighted by atomic mass is 10.0. The third-order valence-electron chi connectivity index (χ3n) is 7.12. The number of thiophene rings is 1. The Hall–Kier alpha value is -3.65. The Balaban J connectivity index is 1.59. The zero-order valence-electron chi connectivity index (χ0n) is 23.9. The molecule has 226 valence electrons. The summed E-state index contributed by atoms with van der Waals surface area (Å²) in [4.78, 5) is 27.7. The summed E-state index contributed by atoms with van der Waals surface area (Å²) in [5.41, 5.74) is 1.54. The maximum Gasteiger partial charge on any atom is 0.323 e. The van der Waals surface area contributed by atoms with Gasteiger partial charge in [0.1, 0.15) is 21.8 Å². The Kier molecular flexibility index (Phi) is 10.1. The molecule has 3 N–H and O–H groups in total. The molecule has 0 bridgehead atoms. The van der Waals surface area contributed by atoms with Gasteiger partial charge in [0.05, 0.1) is 32.7 Å². The van der Waals surface area contributed by atoms with Gasteiger partial charge in [-0.2, -0.15) is 4.31 Å². The van der Waals surface area contributed by atoms with Crippen molar-refractivity contribution in [3.8, 4) is 11.5 Å². The van der Waals surface area contributed by atoms with Crippen LogP contribution in [0.3, 0.4) is 0 Å². The van der Waals surface area contributed by atoms with Crippen LogP contribution in [0.4, 0.5) is 16.2 Å². The molecule has 3 aromatic rings. The fourth-order valence-electron chi connectivity index (χ4n) is 4.61. The third kappa shape index (κ3) is 7.40. The molecule has 2 aromatic carbocycles. The van der Waals surface area contributed by atoms with Gasteiger partial charge in [-0.25, -0.2) is 13.2 Å². The van der Waals surface area contributed by atoms with Gasteiger partial charge in [0.2, 0.25) is 5.91 Å². The fourth-order valence-corrected chi connectivity index (χ4v) is 6.99. The minimum absolute atomic E-state index is 0.0297. The number of urea groups is 1. The molecule has 13 heteroatoms. The highest BCUT2D eigenvalue weighted by Gasteiger charge is 2.33. The van der Waals surface area contributed by atoms with Gasteiger partial charge in [-0.15, -0.1) is 11.3 Å². The quantitative estimate of drug-likeness (QED) is 0.332. The number of rotatable bonds is 9. The van der Waals surface area contributed by atoms with E-state index in [1.165, 1.54) is 11.4 Å². The number of carbonyl (C=O) groups excluding carboxylic acids is 2. The Bertz CT molecular complexity index is 1480. The topological polar surface area (TPSA) is 138 Å². The smallest absolute Gasteiger partial charge is 0.323 e. The zero-order valence-corrected chi connectivity index (χ0v) is 25.6. The first kappa shape index (κ1) is 31.3. The van der Waals surface area contributed by atoms with Crippen LogP contribution in [0.2, 0.25) is 0 Å². The van der Waals surface area contributed by atoms with Gasteiger partial charge < -0.3 is 30.1 Å². The third-order valence-corrected chi connectivity index (χ3v) is 10.3. The number of nitrogens with one attached hydrogen (secondary N) is 2. The Morgan fingerprint density at radius 2 is 1.88 bits per heavy atom. The van der Waals surface area contributed by atoms with Gasteiger partial charge in [-0.1, -0.05) is 13.0 Å². The SMILES string of the molecule is COc1ccc(NC(=O)Nc2ccc3c(c2)CC(=O)N([C@H](C)CO)C[C@H](C)[C@H](CN(C)S(=O)(=O)c2cccs2)O3)cc1. The number of methoxy groups -OCH3 is 1. The second kappa shape index (κ2) is 13.6. The molecule has 0 saturated carbocycles. The molecule has 0 spiro atoms. The summed E-state index contributed by atoms with van der Waals surface area (Å²) in [6, 6.07) is 14.2. The molecule has 0 unspecified atom stereocenters. The van der Waals surface area contributed by atoms with E-state index in [9.17, 15) is 23.1 Å². The fraction of sp³-hybridized carbons (Fsp3) is 0.379. The Labute approximate surface area is 250 Å². The van der Waals surface area contributed by atoms with Crippen LogP contribution in [0.15, 0.2) is 64.2 Å². The van der Waals surface area contributed by atoms with Crippen molar-refractivity contribution in [1.82, 2.24) is 9.21 Å². The number of sulfonamides is 1. The van der Waals surface area contributed by atoms with Gasteiger partial charge in [-0.05, 0) is 60.8 Å². The molecule has 2 heterocycles. The normalized spacial score (nSPS) is 18.2. The number of aliphatic hydroxyl groups excluding tert-OH is 1. The average molecular weight is 617 g/mol. The molecule has 11 nitrogen and oxygen atoms in total. The molecule has 0 fully saturated rings. The first-order valence-corrected chi connectivity index (χ1v) is 15.8. The summed E-state index contributed by atoms with van der Waals surface area (Å²) in [7, 11) is -0.666. The first-order chi connectivity index (χ1) is 20.0. The van der Waals surface area contributed by atoms with E-state index < -0.39 is 28.2 Å². The molecule has 3 atom stereocenters. The highest BCUT2D eigenvalue weighted by Crippen LogP contribution is 2.30. The number of anilines is 2. The number of amides is 3. The van der Waals surface area contributed by atoms with E-state index in [4.69, 9.17) is 9.47 Å². The molecule has 0 saturated heterocycles. The molecule has 0 radical (unpaired) electrons. The van der Waals surface area contributed by atoms with Crippen molar-refractivity contribution in [2.75, 3.05) is 44.5 Å². The number of likely N-dealkylation sites (N-methyl/N-ethyl adjacent to an activating group) is 1. The monoisotopic (exact) mass is 616 g/mol. The number of benzene rings is 2. The summed E-state index contributed by atoms with van der Waals surface area (Å²) in [6.45, 7) is 3.73. The summed E-state index contributed by atoms with van der Waals surface area (Å²) in [5.74, 6) is 0.591. The van der Waals surface area contributed by atoms with E-state index in [1.54, 1.807) is 78.9 Å². The van der Waals surface area contributed by atoms with Gasteiger partial charge in [0.25, 0.3) is 10.0 Å². The summed E-state index contributed by atoms with van der Waals surface area (Å²) >= 11 is 1.14. The number of hydrogen-bond acceptors (Lipinski definition) is 8. The lowest BCUT2D eigenvalue weighted by Crippen LogP contribution is -2.48. The van der Waals surface area contributed by atoms with Crippen molar-refractivity contribution >= 4 is 44.7 Å². The predicted octanol–water partition coefficient (Wildman–Crippen LogP) is 3.87. The number of nitrogens with zero attached hydrogens (tertiary/aromatic N) is 2. The van der Waals surface area contributed by atoms with Crippen molar-refractivity contribution in [2.45, 2.75) is 36.6 Å². The minimum Gasteiger partial charge on any atom is -0.497 e. The van der Waals surface area contributed by atoms with Crippen LogP contribution >= 0.6 is 11.3 Å². The van der Waals surface area contributed by atoms with Crippen LogP contribution in [-0.2, 0) is 21.2 Å². The maximum atomic E-state index is 13.4. The van der Waals surface area contributed by atoms with E-state index in [0.717, 1.165) is 11.3 Å². The van der Waals surface area contributed by atoms with Crippen LogP contribution in [0.25, 0.3) is 0 Å². The number of carbonyl (C=O) groups is 2. The van der Waals surface area contributed by atoms with E-state index in [0.29, 0.717) is 28.4 Å². The second-order valence-electron chi connectivity index (χ2n) is 10.2. The van der Waals surface area contributed by atoms with E-state index in [2.05, 4.69) is 10.6 Å². The summed E-state index contributed by atoms with van der Waals surface area (Å²) in [6.07, 6.45) is -0.641. The molecule has 3 amide bonds. The highest BCUT2D eigenvalue weighted by atomic mass is 32.2. The highest BCUT2D eigenvalue weighted by molar-refractivity contribution is 7.91. The molecule has 1 aliphatic heterocycles. The van der Waals surface area contributed by atoms with Crippen molar-refractivity contribution in [2.24, 2.45) is 5.92 Å². The molecule has 1 aliphatic rings. The molecular formula is C29H36N4O7S2. The van der Waals surface area contributed by atoms with Crippen LogP contribution < -0.4 is 20.1 Å². The molecule has 42 heavy (non-hydrogen) atoms. The maximum absolute atomic E-state index is 13.4.